The first-order valence-corrected chi connectivity index (χ1v) is 6.15. The first-order valence-electron chi connectivity index (χ1n) is 4.93. The van der Waals surface area contributed by atoms with Crippen LogP contribution in [0.1, 0.15) is 25.8 Å². The molecule has 76 valence electrons. The van der Waals surface area contributed by atoms with Crippen LogP contribution in [0.4, 0.5) is 0 Å². The predicted octanol–water partition coefficient (Wildman–Crippen LogP) is 2.99. The fourth-order valence-electron chi connectivity index (χ4n) is 2.05. The highest BCUT2D eigenvalue weighted by atomic mass is 32.2. The Balaban J connectivity index is 2.34. The molecule has 0 aliphatic heterocycles. The van der Waals surface area contributed by atoms with E-state index < -0.39 is 0 Å². The standard InChI is InChI=1S/C12H17NS/c1-11(2)8-12(11,13)9-5-4-6-10(7-9)14-3/h4-7H,8,13H2,1-3H3. The summed E-state index contributed by atoms with van der Waals surface area (Å²) in [5.74, 6) is 0. The third kappa shape index (κ3) is 1.37. The van der Waals surface area contributed by atoms with Crippen LogP contribution >= 0.6 is 11.8 Å². The zero-order valence-electron chi connectivity index (χ0n) is 9.00. The third-order valence-corrected chi connectivity index (χ3v) is 4.11. The zero-order valence-corrected chi connectivity index (χ0v) is 9.82. The van der Waals surface area contributed by atoms with Gasteiger partial charge in [0.1, 0.15) is 0 Å². The van der Waals surface area contributed by atoms with Crippen LogP contribution in [-0.2, 0) is 5.54 Å². The van der Waals surface area contributed by atoms with Crippen molar-refractivity contribution in [2.45, 2.75) is 30.7 Å². The minimum absolute atomic E-state index is 0.0846. The molecular weight excluding hydrogens is 190 g/mol. The summed E-state index contributed by atoms with van der Waals surface area (Å²) in [5, 5.41) is 0. The highest BCUT2D eigenvalue weighted by molar-refractivity contribution is 7.98. The van der Waals surface area contributed by atoms with Crippen molar-refractivity contribution in [1.82, 2.24) is 0 Å². The number of benzene rings is 1. The van der Waals surface area contributed by atoms with E-state index in [-0.39, 0.29) is 11.0 Å². The van der Waals surface area contributed by atoms with Gasteiger partial charge in [-0.05, 0) is 35.8 Å². The molecule has 0 heterocycles. The van der Waals surface area contributed by atoms with Crippen LogP contribution in [0.15, 0.2) is 29.2 Å². The van der Waals surface area contributed by atoms with Gasteiger partial charge in [-0.3, -0.25) is 0 Å². The van der Waals surface area contributed by atoms with Crippen molar-refractivity contribution in [1.29, 1.82) is 0 Å². The van der Waals surface area contributed by atoms with Crippen LogP contribution in [0.5, 0.6) is 0 Å². The molecular formula is C12H17NS. The van der Waals surface area contributed by atoms with Crippen molar-refractivity contribution < 1.29 is 0 Å². The van der Waals surface area contributed by atoms with Gasteiger partial charge in [0.2, 0.25) is 0 Å². The smallest absolute Gasteiger partial charge is 0.0468 e. The number of thioether (sulfide) groups is 1. The van der Waals surface area contributed by atoms with Gasteiger partial charge in [-0.25, -0.2) is 0 Å². The van der Waals surface area contributed by atoms with Gasteiger partial charge in [-0.2, -0.15) is 0 Å². The van der Waals surface area contributed by atoms with Gasteiger partial charge in [0.05, 0.1) is 0 Å². The second kappa shape index (κ2) is 3.01. The van der Waals surface area contributed by atoms with Gasteiger partial charge < -0.3 is 5.73 Å². The molecule has 2 N–H and O–H groups in total. The predicted molar refractivity (Wildman–Crippen MR) is 62.5 cm³/mol. The summed E-state index contributed by atoms with van der Waals surface area (Å²) in [6.45, 7) is 4.47. The molecule has 1 aromatic rings. The van der Waals surface area contributed by atoms with E-state index >= 15 is 0 Å². The molecule has 2 heteroatoms. The molecule has 0 aromatic heterocycles. The highest BCUT2D eigenvalue weighted by Crippen LogP contribution is 2.60. The first kappa shape index (κ1) is 10.1. The van der Waals surface area contributed by atoms with Crippen molar-refractivity contribution in [2.24, 2.45) is 11.1 Å². The normalized spacial score (nSPS) is 28.9. The molecule has 1 aliphatic carbocycles. The quantitative estimate of drug-likeness (QED) is 0.754. The van der Waals surface area contributed by atoms with E-state index in [2.05, 4.69) is 44.4 Å². The first-order chi connectivity index (χ1) is 6.49. The summed E-state index contributed by atoms with van der Waals surface area (Å²) >= 11 is 1.77. The minimum Gasteiger partial charge on any atom is -0.321 e. The van der Waals surface area contributed by atoms with E-state index in [9.17, 15) is 0 Å². The Morgan fingerprint density at radius 1 is 1.36 bits per heavy atom. The Hall–Kier alpha value is -0.470. The summed E-state index contributed by atoms with van der Waals surface area (Å²) in [6.07, 6.45) is 3.19. The molecule has 14 heavy (non-hydrogen) atoms. The molecule has 1 atom stereocenters. The Labute approximate surface area is 90.1 Å². The van der Waals surface area contributed by atoms with Gasteiger partial charge in [0, 0.05) is 10.4 Å². The van der Waals surface area contributed by atoms with E-state index in [4.69, 9.17) is 5.73 Å². The Morgan fingerprint density at radius 2 is 2.00 bits per heavy atom. The molecule has 0 amide bonds. The molecule has 1 unspecified atom stereocenters. The number of rotatable bonds is 2. The van der Waals surface area contributed by atoms with E-state index in [1.807, 2.05) is 0 Å². The summed E-state index contributed by atoms with van der Waals surface area (Å²) in [4.78, 5) is 1.30. The van der Waals surface area contributed by atoms with Crippen molar-refractivity contribution in [2.75, 3.05) is 6.26 Å². The van der Waals surface area contributed by atoms with Crippen LogP contribution in [0, 0.1) is 5.41 Å². The molecule has 1 aliphatic rings. The molecule has 1 saturated carbocycles. The largest absolute Gasteiger partial charge is 0.321 e. The van der Waals surface area contributed by atoms with Crippen molar-refractivity contribution in [3.8, 4) is 0 Å². The van der Waals surface area contributed by atoms with Gasteiger partial charge in [-0.15, -0.1) is 11.8 Å². The van der Waals surface area contributed by atoms with Crippen molar-refractivity contribution in [3.63, 3.8) is 0 Å². The lowest BCUT2D eigenvalue weighted by Crippen LogP contribution is -2.25. The molecule has 2 rings (SSSR count). The monoisotopic (exact) mass is 207 g/mol. The maximum absolute atomic E-state index is 6.36. The summed E-state index contributed by atoms with van der Waals surface area (Å²) < 4.78 is 0. The molecule has 0 saturated heterocycles. The maximum Gasteiger partial charge on any atom is 0.0468 e. The van der Waals surface area contributed by atoms with Crippen LogP contribution in [0.3, 0.4) is 0 Å². The Morgan fingerprint density at radius 3 is 2.50 bits per heavy atom. The van der Waals surface area contributed by atoms with Crippen molar-refractivity contribution in [3.05, 3.63) is 29.8 Å². The lowest BCUT2D eigenvalue weighted by Gasteiger charge is -2.16. The Kier molecular flexibility index (Phi) is 2.16. The minimum atomic E-state index is -0.0846. The van der Waals surface area contributed by atoms with Crippen molar-refractivity contribution >= 4 is 11.8 Å². The van der Waals surface area contributed by atoms with Gasteiger partial charge in [0.25, 0.3) is 0 Å². The Bertz CT molecular complexity index is 359. The number of hydrogen-bond donors (Lipinski definition) is 1. The molecule has 0 bridgehead atoms. The van der Waals surface area contributed by atoms with Crippen LogP contribution in [0.2, 0.25) is 0 Å². The molecule has 0 spiro atoms. The van der Waals surface area contributed by atoms with Gasteiger partial charge in [0.15, 0.2) is 0 Å². The topological polar surface area (TPSA) is 26.0 Å². The second-order valence-electron chi connectivity index (χ2n) is 4.76. The molecule has 1 nitrogen and oxygen atoms in total. The van der Waals surface area contributed by atoms with Crippen LogP contribution in [0.25, 0.3) is 0 Å². The maximum atomic E-state index is 6.36. The average molecular weight is 207 g/mol. The molecule has 1 fully saturated rings. The van der Waals surface area contributed by atoms with Gasteiger partial charge in [-0.1, -0.05) is 26.0 Å². The van der Waals surface area contributed by atoms with E-state index in [0.717, 1.165) is 6.42 Å². The fraction of sp³-hybridized carbons (Fsp3) is 0.500. The van der Waals surface area contributed by atoms with Crippen LogP contribution < -0.4 is 5.73 Å². The van der Waals surface area contributed by atoms with E-state index in [1.54, 1.807) is 11.8 Å². The van der Waals surface area contributed by atoms with Crippen LogP contribution in [-0.4, -0.2) is 6.26 Å². The van der Waals surface area contributed by atoms with Gasteiger partial charge >= 0.3 is 0 Å². The lowest BCUT2D eigenvalue weighted by molar-refractivity contribution is 0.509. The molecule has 1 aromatic carbocycles. The second-order valence-corrected chi connectivity index (χ2v) is 5.64. The summed E-state index contributed by atoms with van der Waals surface area (Å²) in [6, 6.07) is 8.60. The summed E-state index contributed by atoms with van der Waals surface area (Å²) in [5.41, 5.74) is 7.83. The fourth-order valence-corrected chi connectivity index (χ4v) is 2.51. The lowest BCUT2D eigenvalue weighted by atomic mass is 9.97. The number of hydrogen-bond acceptors (Lipinski definition) is 2. The molecule has 0 radical (unpaired) electrons. The van der Waals surface area contributed by atoms with E-state index in [0.29, 0.717) is 0 Å². The summed E-state index contributed by atoms with van der Waals surface area (Å²) in [7, 11) is 0. The average Bonchev–Trinajstić information content (AvgIpc) is 2.68. The third-order valence-electron chi connectivity index (χ3n) is 3.39. The SMILES string of the molecule is CSc1cccc(C2(N)CC2(C)C)c1. The number of nitrogens with two attached hydrogens (primary N) is 1. The zero-order chi connectivity index (χ0) is 10.4. The van der Waals surface area contributed by atoms with E-state index in [1.165, 1.54) is 10.5 Å². The highest BCUT2D eigenvalue weighted by Gasteiger charge is 2.59.